The predicted octanol–water partition coefficient (Wildman–Crippen LogP) is 8.52. The number of aromatic amines is 3. The average Bonchev–Trinajstić information content (AvgIpc) is 0.982. The van der Waals surface area contributed by atoms with Crippen LogP contribution in [0.3, 0.4) is 0 Å². The first-order chi connectivity index (χ1) is 44.8. The number of aryl methyl sites for hydroxylation is 2. The molecule has 0 saturated carbocycles. The van der Waals surface area contributed by atoms with Gasteiger partial charge in [0.25, 0.3) is 34.4 Å². The zero-order valence-corrected chi connectivity index (χ0v) is 50.9. The van der Waals surface area contributed by atoms with Gasteiger partial charge in [0.1, 0.15) is 17.1 Å². The summed E-state index contributed by atoms with van der Waals surface area (Å²) in [5, 5.41) is 18.1. The van der Waals surface area contributed by atoms with Gasteiger partial charge in [0.2, 0.25) is 0 Å². The van der Waals surface area contributed by atoms with Crippen LogP contribution in [0.25, 0.3) is 43.3 Å². The normalized spacial score (nSPS) is 13.6. The molecular formula is C69H69N17O6. The molecule has 3 aliphatic heterocycles. The van der Waals surface area contributed by atoms with Crippen LogP contribution in [-0.4, -0.2) is 126 Å². The van der Waals surface area contributed by atoms with Crippen molar-refractivity contribution in [1.29, 1.82) is 0 Å². The molecule has 3 saturated heterocycles. The third kappa shape index (κ3) is 16.5. The Morgan fingerprint density at radius 1 is 0.435 bits per heavy atom. The largest absolute Gasteiger partial charge is 0.369 e. The van der Waals surface area contributed by atoms with E-state index < -0.39 is 11.1 Å². The van der Waals surface area contributed by atoms with E-state index in [0.717, 1.165) is 125 Å². The summed E-state index contributed by atoms with van der Waals surface area (Å²) < 4.78 is 0. The molecule has 0 bridgehead atoms. The quantitative estimate of drug-likeness (QED) is 0.0462. The number of H-pyrrole nitrogens is 3. The van der Waals surface area contributed by atoms with Gasteiger partial charge in [0.05, 0.1) is 24.5 Å². The van der Waals surface area contributed by atoms with Crippen molar-refractivity contribution in [2.45, 2.75) is 26.7 Å². The predicted molar refractivity (Wildman–Crippen MR) is 361 cm³/mol. The highest BCUT2D eigenvalue weighted by Gasteiger charge is 2.18. The van der Waals surface area contributed by atoms with Crippen molar-refractivity contribution in [3.63, 3.8) is 0 Å². The molecule has 0 spiro atoms. The lowest BCUT2D eigenvalue weighted by molar-refractivity contribution is 0.101. The molecule has 3 fully saturated rings. The first kappa shape index (κ1) is 63.6. The molecule has 6 aromatic heterocycles. The third-order valence-electron chi connectivity index (χ3n) is 15.6. The fourth-order valence-electron chi connectivity index (χ4n) is 10.5. The van der Waals surface area contributed by atoms with Crippen molar-refractivity contribution in [1.82, 2.24) is 45.9 Å². The number of pyridine rings is 6. The van der Waals surface area contributed by atoms with Crippen molar-refractivity contribution < 1.29 is 14.4 Å². The number of rotatable bonds is 14. The minimum atomic E-state index is -0.411. The fourth-order valence-corrected chi connectivity index (χ4v) is 10.5. The Balaban J connectivity index is 0.000000151. The molecule has 92 heavy (non-hydrogen) atoms. The van der Waals surface area contributed by atoms with Crippen LogP contribution in [-0.2, 0) is 12.8 Å². The number of hydrogen-bond acceptors (Lipinski definition) is 15. The number of anilines is 6. The van der Waals surface area contributed by atoms with Crippen LogP contribution in [0.2, 0.25) is 0 Å². The summed E-state index contributed by atoms with van der Waals surface area (Å²) in [6.07, 6.45) is 9.49. The van der Waals surface area contributed by atoms with Gasteiger partial charge < -0.3 is 61.6 Å². The van der Waals surface area contributed by atoms with Crippen LogP contribution in [0.15, 0.2) is 173 Å². The summed E-state index contributed by atoms with van der Waals surface area (Å²) in [6, 6.07) is 37.5. The van der Waals surface area contributed by atoms with Crippen LogP contribution >= 0.6 is 0 Å². The van der Waals surface area contributed by atoms with E-state index in [9.17, 15) is 28.8 Å². The van der Waals surface area contributed by atoms with Gasteiger partial charge in [-0.05, 0) is 146 Å². The second-order valence-corrected chi connectivity index (χ2v) is 21.7. The molecular weight excluding hydrogens is 1160 g/mol. The van der Waals surface area contributed by atoms with Gasteiger partial charge in [0.15, 0.2) is 11.4 Å². The summed E-state index contributed by atoms with van der Waals surface area (Å²) >= 11 is 0. The molecule has 466 valence electrons. The van der Waals surface area contributed by atoms with Crippen LogP contribution in [0, 0.1) is 13.1 Å². The van der Waals surface area contributed by atoms with Gasteiger partial charge in [-0.25, -0.2) is 9.69 Å². The number of carbonyl (C=O) groups excluding carboxylic acids is 3. The number of benzene rings is 3. The molecule has 3 aromatic carbocycles. The molecule has 3 amide bonds. The minimum Gasteiger partial charge on any atom is -0.369 e. The molecule has 3 aliphatic rings. The first-order valence-corrected chi connectivity index (χ1v) is 30.3. The fraction of sp³-hybridized carbons (Fsp3) is 0.232. The molecule has 9 N–H and O–H groups in total. The molecule has 0 atom stereocenters. The highest BCUT2D eigenvalue weighted by molar-refractivity contribution is 6.06. The average molecular weight is 1230 g/mol. The Bertz CT molecular complexity index is 4350. The lowest BCUT2D eigenvalue weighted by atomic mass is 10.1. The Morgan fingerprint density at radius 3 is 1.23 bits per heavy atom. The van der Waals surface area contributed by atoms with Gasteiger partial charge in [-0.2, -0.15) is 0 Å². The Hall–Kier alpha value is -11.4. The number of amides is 3. The lowest BCUT2D eigenvalue weighted by Gasteiger charge is -2.29. The molecule has 0 aliphatic carbocycles. The number of nitrogens with zero attached hydrogens (tertiary/aromatic N) is 8. The van der Waals surface area contributed by atoms with Crippen LogP contribution in [0.1, 0.15) is 56.3 Å². The Morgan fingerprint density at radius 2 is 0.815 bits per heavy atom. The van der Waals surface area contributed by atoms with Gasteiger partial charge in [-0.3, -0.25) is 43.7 Å². The van der Waals surface area contributed by atoms with E-state index in [4.69, 9.17) is 13.1 Å². The van der Waals surface area contributed by atoms with Crippen molar-refractivity contribution >= 4 is 63.2 Å². The summed E-state index contributed by atoms with van der Waals surface area (Å²) in [6.45, 7) is 29.7. The van der Waals surface area contributed by atoms with Crippen molar-refractivity contribution in [3.8, 4) is 33.6 Å². The maximum absolute atomic E-state index is 12.8. The van der Waals surface area contributed by atoms with E-state index in [1.165, 1.54) is 18.6 Å². The zero-order chi connectivity index (χ0) is 64.3. The maximum Gasteiger partial charge on any atom is 0.271 e. The zero-order valence-electron chi connectivity index (χ0n) is 50.9. The molecule has 12 rings (SSSR count). The number of aromatic nitrogens is 6. The molecule has 9 heterocycles. The molecule has 0 unspecified atom stereocenters. The summed E-state index contributed by atoms with van der Waals surface area (Å²) in [5.41, 5.74) is 10.8. The van der Waals surface area contributed by atoms with Gasteiger partial charge in [0, 0.05) is 171 Å². The highest BCUT2D eigenvalue weighted by atomic mass is 16.2. The smallest absolute Gasteiger partial charge is 0.271 e. The summed E-state index contributed by atoms with van der Waals surface area (Å²) in [7, 11) is 0. The van der Waals surface area contributed by atoms with Crippen LogP contribution < -0.4 is 63.3 Å². The van der Waals surface area contributed by atoms with Gasteiger partial charge >= 0.3 is 0 Å². The summed E-state index contributed by atoms with van der Waals surface area (Å²) in [5.74, 6) is -1.04. The van der Waals surface area contributed by atoms with E-state index in [0.29, 0.717) is 57.0 Å². The highest BCUT2D eigenvalue weighted by Crippen LogP contribution is 2.27. The van der Waals surface area contributed by atoms with E-state index in [1.807, 2.05) is 62.4 Å². The second kappa shape index (κ2) is 30.7. The minimum absolute atomic E-state index is 0.124. The number of nitrogens with one attached hydrogen (secondary N) is 9. The number of hydrogen-bond donors (Lipinski definition) is 9. The molecule has 23 heteroatoms. The standard InChI is InChI=1S/C24H24N6O2.C23H25N5O2.C22H20N6O2/c1-3-18-13-19(25-2)14-21(28-18)17-12-22(24(32)27-15-17)29-23(31)16-4-6-20(7-5-16)30-10-8-26-9-11-30;1-2-19-13-17(7-8-25-19)18-14-21(23(30)26-15-18)27-22(29)16-3-5-20(6-4-16)28-11-9-24-10-12-28;1-23-17-6-7-25-19(13-17)16-12-20(22(30)26-14-16)27-21(29)15-2-4-18(5-3-15)28-10-8-24-9-11-28/h4-7,12-15,26H,3,8-11H2,1H3,(H,27,32)(H,29,31);3-8,13-15,24H,2,9-12H2,1H3,(H,26,30)(H,27,29);2-7,12-14,24H,8-11H2,(H,26,30)(H,27,29). The van der Waals surface area contributed by atoms with Crippen molar-refractivity contribution in [3.05, 3.63) is 240 Å². The lowest BCUT2D eigenvalue weighted by Crippen LogP contribution is -2.43. The van der Waals surface area contributed by atoms with Gasteiger partial charge in [-0.15, -0.1) is 0 Å². The van der Waals surface area contributed by atoms with Crippen LogP contribution in [0.4, 0.5) is 45.5 Å². The van der Waals surface area contributed by atoms with E-state index in [1.54, 1.807) is 91.3 Å². The summed E-state index contributed by atoms with van der Waals surface area (Å²) in [4.78, 5) is 110. The Labute approximate surface area is 531 Å². The molecule has 23 nitrogen and oxygen atoms in total. The molecule has 0 radical (unpaired) electrons. The topological polar surface area (TPSA) is 279 Å². The monoisotopic (exact) mass is 1230 g/mol. The van der Waals surface area contributed by atoms with Gasteiger partial charge in [-0.1, -0.05) is 13.8 Å². The van der Waals surface area contributed by atoms with E-state index >= 15 is 0 Å². The Kier molecular flexibility index (Phi) is 21.2. The van der Waals surface area contributed by atoms with Crippen molar-refractivity contribution in [2.24, 2.45) is 0 Å². The maximum atomic E-state index is 12.8. The van der Waals surface area contributed by atoms with Crippen LogP contribution in [0.5, 0.6) is 0 Å². The first-order valence-electron chi connectivity index (χ1n) is 30.3. The van der Waals surface area contributed by atoms with E-state index in [-0.39, 0.29) is 40.3 Å². The third-order valence-corrected chi connectivity index (χ3v) is 15.6. The number of piperazine rings is 3. The second-order valence-electron chi connectivity index (χ2n) is 21.7. The van der Waals surface area contributed by atoms with Crippen molar-refractivity contribution in [2.75, 3.05) is 109 Å². The number of carbonyl (C=O) groups is 3. The SMILES string of the molecule is CCc1cc(-c2c[nH]c(=O)c(NC(=O)c3ccc(N4CCNCC4)cc3)c2)ccn1.[C-]#[N+]c1cc(CC)nc(-c2c[nH]c(=O)c(NC(=O)c3ccc(N4CCNCC4)cc3)c2)c1.[C-]#[N+]c1ccnc(-c2c[nH]c(=O)c(NC(=O)c3ccc(N4CCNCC4)cc3)c2)c1. The molecule has 9 aromatic rings. The van der Waals surface area contributed by atoms with E-state index in [2.05, 4.69) is 86.2 Å².